The number of rotatable bonds is 4. The van der Waals surface area contributed by atoms with Crippen molar-refractivity contribution in [3.63, 3.8) is 0 Å². The van der Waals surface area contributed by atoms with Crippen LogP contribution in [0.2, 0.25) is 0 Å². The van der Waals surface area contributed by atoms with E-state index < -0.39 is 0 Å². The van der Waals surface area contributed by atoms with Gasteiger partial charge in [-0.3, -0.25) is 9.59 Å². The van der Waals surface area contributed by atoms with E-state index in [9.17, 15) is 9.59 Å². The maximum absolute atomic E-state index is 12.3. The third kappa shape index (κ3) is 4.12. The number of likely N-dealkylation sites (tertiary alicyclic amines) is 1. The average molecular weight is 319 g/mol. The van der Waals surface area contributed by atoms with Crippen molar-refractivity contribution in [2.24, 2.45) is 11.8 Å². The Kier molecular flexibility index (Phi) is 4.98. The maximum Gasteiger partial charge on any atom is 0.228 e. The van der Waals surface area contributed by atoms with Crippen LogP contribution in [0, 0.1) is 18.8 Å². The first-order chi connectivity index (χ1) is 11.1. The van der Waals surface area contributed by atoms with E-state index in [0.29, 0.717) is 37.0 Å². The number of amides is 2. The normalized spacial score (nSPS) is 20.0. The highest BCUT2D eigenvalue weighted by molar-refractivity contribution is 5.91. The summed E-state index contributed by atoms with van der Waals surface area (Å²) in [6.45, 7) is 3.15. The van der Waals surface area contributed by atoms with E-state index in [1.54, 1.807) is 13.0 Å². The van der Waals surface area contributed by atoms with Crippen molar-refractivity contribution >= 4 is 17.6 Å². The van der Waals surface area contributed by atoms with Crippen LogP contribution in [0.25, 0.3) is 0 Å². The number of anilines is 1. The SMILES string of the molecule is Cc1cc(NC(=O)C2CCN(C(=O)CC3CCCC3)CC2)no1. The number of hydrogen-bond acceptors (Lipinski definition) is 4. The molecule has 2 aliphatic rings. The third-order valence-corrected chi connectivity index (χ3v) is 5.04. The van der Waals surface area contributed by atoms with Crippen molar-refractivity contribution in [3.8, 4) is 0 Å². The molecule has 1 N–H and O–H groups in total. The number of hydrogen-bond donors (Lipinski definition) is 1. The molecule has 0 radical (unpaired) electrons. The number of carbonyl (C=O) groups is 2. The Labute approximate surface area is 136 Å². The molecule has 1 aromatic rings. The smallest absolute Gasteiger partial charge is 0.228 e. The Morgan fingerprint density at radius 3 is 2.57 bits per heavy atom. The molecule has 2 amide bonds. The van der Waals surface area contributed by atoms with Crippen LogP contribution in [-0.2, 0) is 9.59 Å². The van der Waals surface area contributed by atoms with Crippen molar-refractivity contribution in [1.29, 1.82) is 0 Å². The van der Waals surface area contributed by atoms with Gasteiger partial charge in [0.15, 0.2) is 5.82 Å². The van der Waals surface area contributed by atoms with Gasteiger partial charge in [0, 0.05) is 31.5 Å². The summed E-state index contributed by atoms with van der Waals surface area (Å²) in [5, 5.41) is 6.57. The summed E-state index contributed by atoms with van der Waals surface area (Å²) in [5.41, 5.74) is 0. The van der Waals surface area contributed by atoms with Crippen molar-refractivity contribution in [2.75, 3.05) is 18.4 Å². The fourth-order valence-electron chi connectivity index (χ4n) is 3.64. The fourth-order valence-corrected chi connectivity index (χ4v) is 3.64. The van der Waals surface area contributed by atoms with Crippen LogP contribution >= 0.6 is 0 Å². The largest absolute Gasteiger partial charge is 0.360 e. The van der Waals surface area contributed by atoms with E-state index >= 15 is 0 Å². The summed E-state index contributed by atoms with van der Waals surface area (Å²) >= 11 is 0. The standard InChI is InChI=1S/C17H25N3O3/c1-12-10-15(19-23-12)18-17(22)14-6-8-20(9-7-14)16(21)11-13-4-2-3-5-13/h10,13-14H,2-9,11H2,1H3,(H,18,19,22). The number of nitrogens with one attached hydrogen (secondary N) is 1. The molecule has 0 atom stereocenters. The molecule has 23 heavy (non-hydrogen) atoms. The van der Waals surface area contributed by atoms with Gasteiger partial charge in [0.1, 0.15) is 5.76 Å². The number of nitrogens with zero attached hydrogens (tertiary/aromatic N) is 2. The van der Waals surface area contributed by atoms with E-state index in [2.05, 4.69) is 10.5 Å². The molecule has 1 aromatic heterocycles. The summed E-state index contributed by atoms with van der Waals surface area (Å²) in [4.78, 5) is 26.5. The number of carbonyl (C=O) groups excluding carboxylic acids is 2. The Morgan fingerprint density at radius 2 is 1.96 bits per heavy atom. The van der Waals surface area contributed by atoms with Crippen molar-refractivity contribution in [2.45, 2.75) is 51.9 Å². The highest BCUT2D eigenvalue weighted by Crippen LogP contribution is 2.29. The van der Waals surface area contributed by atoms with Gasteiger partial charge in [0.2, 0.25) is 11.8 Å². The predicted molar refractivity (Wildman–Crippen MR) is 85.7 cm³/mol. The molecule has 1 saturated carbocycles. The zero-order valence-corrected chi connectivity index (χ0v) is 13.7. The summed E-state index contributed by atoms with van der Waals surface area (Å²) < 4.78 is 4.95. The van der Waals surface area contributed by atoms with Crippen LogP contribution < -0.4 is 5.32 Å². The Morgan fingerprint density at radius 1 is 1.26 bits per heavy atom. The van der Waals surface area contributed by atoms with Gasteiger partial charge in [0.05, 0.1) is 0 Å². The molecule has 126 valence electrons. The first kappa shape index (κ1) is 16.0. The Balaban J connectivity index is 1.44. The molecule has 6 heteroatoms. The molecular weight excluding hydrogens is 294 g/mol. The summed E-state index contributed by atoms with van der Waals surface area (Å²) in [5.74, 6) is 1.91. The fraction of sp³-hybridized carbons (Fsp3) is 0.706. The van der Waals surface area contributed by atoms with E-state index in [1.807, 2.05) is 4.90 Å². The highest BCUT2D eigenvalue weighted by Gasteiger charge is 2.29. The van der Waals surface area contributed by atoms with Crippen LogP contribution in [0.1, 0.15) is 50.7 Å². The minimum atomic E-state index is -0.0532. The zero-order valence-electron chi connectivity index (χ0n) is 13.7. The number of aromatic nitrogens is 1. The molecule has 0 spiro atoms. The predicted octanol–water partition coefficient (Wildman–Crippen LogP) is 2.74. The van der Waals surface area contributed by atoms with Crippen molar-refractivity contribution in [1.82, 2.24) is 10.1 Å². The van der Waals surface area contributed by atoms with Gasteiger partial charge < -0.3 is 14.7 Å². The second-order valence-electron chi connectivity index (χ2n) is 6.82. The molecule has 1 saturated heterocycles. The topological polar surface area (TPSA) is 75.4 Å². The van der Waals surface area contributed by atoms with E-state index in [1.165, 1.54) is 25.7 Å². The minimum absolute atomic E-state index is 0.0267. The first-order valence-electron chi connectivity index (χ1n) is 8.64. The molecule has 1 aliphatic heterocycles. The molecular formula is C17H25N3O3. The highest BCUT2D eigenvalue weighted by atomic mass is 16.5. The van der Waals surface area contributed by atoms with Crippen molar-refractivity contribution < 1.29 is 14.1 Å². The molecule has 2 fully saturated rings. The third-order valence-electron chi connectivity index (χ3n) is 5.04. The molecule has 0 aromatic carbocycles. The van der Waals surface area contributed by atoms with Crippen LogP contribution in [0.15, 0.2) is 10.6 Å². The molecule has 3 rings (SSSR count). The molecule has 1 aliphatic carbocycles. The maximum atomic E-state index is 12.3. The quantitative estimate of drug-likeness (QED) is 0.926. The molecule has 2 heterocycles. The minimum Gasteiger partial charge on any atom is -0.360 e. The van der Waals surface area contributed by atoms with Crippen LogP contribution in [0.5, 0.6) is 0 Å². The van der Waals surface area contributed by atoms with Gasteiger partial charge in [-0.2, -0.15) is 0 Å². The van der Waals surface area contributed by atoms with Gasteiger partial charge in [-0.1, -0.05) is 18.0 Å². The van der Waals surface area contributed by atoms with Gasteiger partial charge >= 0.3 is 0 Å². The Bertz CT molecular complexity index is 555. The van der Waals surface area contributed by atoms with Crippen LogP contribution in [0.3, 0.4) is 0 Å². The number of piperidine rings is 1. The van der Waals surface area contributed by atoms with Crippen LogP contribution in [-0.4, -0.2) is 35.0 Å². The van der Waals surface area contributed by atoms with Gasteiger partial charge in [-0.05, 0) is 38.5 Å². The second-order valence-corrected chi connectivity index (χ2v) is 6.82. The zero-order chi connectivity index (χ0) is 16.2. The van der Waals surface area contributed by atoms with E-state index in [4.69, 9.17) is 4.52 Å². The lowest BCUT2D eigenvalue weighted by atomic mass is 9.95. The lowest BCUT2D eigenvalue weighted by Gasteiger charge is -2.31. The molecule has 0 unspecified atom stereocenters. The van der Waals surface area contributed by atoms with Gasteiger partial charge in [-0.15, -0.1) is 0 Å². The lowest BCUT2D eigenvalue weighted by Crippen LogP contribution is -2.41. The van der Waals surface area contributed by atoms with E-state index in [0.717, 1.165) is 12.8 Å². The molecule has 6 nitrogen and oxygen atoms in total. The summed E-state index contributed by atoms with van der Waals surface area (Å²) in [6.07, 6.45) is 7.06. The lowest BCUT2D eigenvalue weighted by molar-refractivity contribution is -0.135. The van der Waals surface area contributed by atoms with Gasteiger partial charge in [-0.25, -0.2) is 0 Å². The Hall–Kier alpha value is -1.85. The first-order valence-corrected chi connectivity index (χ1v) is 8.64. The monoisotopic (exact) mass is 319 g/mol. The number of aryl methyl sites for hydroxylation is 1. The van der Waals surface area contributed by atoms with Crippen molar-refractivity contribution in [3.05, 3.63) is 11.8 Å². The average Bonchev–Trinajstić information content (AvgIpc) is 3.19. The second kappa shape index (κ2) is 7.15. The van der Waals surface area contributed by atoms with Gasteiger partial charge in [0.25, 0.3) is 0 Å². The van der Waals surface area contributed by atoms with E-state index in [-0.39, 0.29) is 17.7 Å². The summed E-state index contributed by atoms with van der Waals surface area (Å²) in [7, 11) is 0. The summed E-state index contributed by atoms with van der Waals surface area (Å²) in [6, 6.07) is 1.71. The molecule has 0 bridgehead atoms. The van der Waals surface area contributed by atoms with Crippen LogP contribution in [0.4, 0.5) is 5.82 Å².